The summed E-state index contributed by atoms with van der Waals surface area (Å²) in [6.07, 6.45) is 0.261. The van der Waals surface area contributed by atoms with Crippen LogP contribution in [0, 0.1) is 0 Å². The first-order valence-corrected chi connectivity index (χ1v) is 9.00. The highest BCUT2D eigenvalue weighted by molar-refractivity contribution is 7.80. The standard InChI is InChI=1S/C19H22N4O3S/c20-17(24)15(11-13-7-3-1-4-8-13)22-18(25)16(12-27)23-19(26)21-14-9-5-2-6-10-14/h1-10,15-16,27H,11-12H2,(H2,20,24)(H,22,25)(H2,21,23,26)/t15-,16-/m0/s1. The van der Waals surface area contributed by atoms with Crippen molar-refractivity contribution in [3.63, 3.8) is 0 Å². The Morgan fingerprint density at radius 2 is 1.48 bits per heavy atom. The second-order valence-corrected chi connectivity index (χ2v) is 6.22. The average molecular weight is 386 g/mol. The molecular weight excluding hydrogens is 364 g/mol. The number of para-hydroxylation sites is 1. The van der Waals surface area contributed by atoms with Gasteiger partial charge in [-0.15, -0.1) is 0 Å². The van der Waals surface area contributed by atoms with Gasteiger partial charge in [0.2, 0.25) is 11.8 Å². The molecule has 4 amide bonds. The maximum absolute atomic E-state index is 12.5. The largest absolute Gasteiger partial charge is 0.368 e. The van der Waals surface area contributed by atoms with Gasteiger partial charge in [-0.25, -0.2) is 4.79 Å². The highest BCUT2D eigenvalue weighted by Crippen LogP contribution is 2.06. The van der Waals surface area contributed by atoms with E-state index in [2.05, 4.69) is 28.6 Å². The van der Waals surface area contributed by atoms with E-state index in [1.54, 1.807) is 24.3 Å². The van der Waals surface area contributed by atoms with E-state index >= 15 is 0 Å². The first kappa shape index (κ1) is 20.3. The quantitative estimate of drug-likeness (QED) is 0.441. The number of benzene rings is 2. The summed E-state index contributed by atoms with van der Waals surface area (Å²) >= 11 is 4.11. The highest BCUT2D eigenvalue weighted by atomic mass is 32.1. The smallest absolute Gasteiger partial charge is 0.319 e. The van der Waals surface area contributed by atoms with Gasteiger partial charge in [-0.3, -0.25) is 9.59 Å². The predicted octanol–water partition coefficient (Wildman–Crippen LogP) is 1.32. The number of primary amides is 1. The number of nitrogens with two attached hydrogens (primary N) is 1. The van der Waals surface area contributed by atoms with E-state index in [0.717, 1.165) is 5.56 Å². The van der Waals surface area contributed by atoms with Crippen molar-refractivity contribution in [3.05, 3.63) is 66.2 Å². The Kier molecular flexibility index (Phi) is 7.69. The summed E-state index contributed by atoms with van der Waals surface area (Å²) < 4.78 is 0. The molecule has 5 N–H and O–H groups in total. The van der Waals surface area contributed by atoms with Gasteiger partial charge in [0.05, 0.1) is 0 Å². The fourth-order valence-electron chi connectivity index (χ4n) is 2.39. The Bertz CT molecular complexity index is 771. The van der Waals surface area contributed by atoms with Crippen LogP contribution in [0.4, 0.5) is 10.5 Å². The van der Waals surface area contributed by atoms with Crippen molar-refractivity contribution in [2.45, 2.75) is 18.5 Å². The maximum Gasteiger partial charge on any atom is 0.319 e. The van der Waals surface area contributed by atoms with Crippen LogP contribution in [-0.4, -0.2) is 35.7 Å². The third-order valence-corrected chi connectivity index (χ3v) is 4.14. The molecule has 8 heteroatoms. The van der Waals surface area contributed by atoms with Crippen LogP contribution >= 0.6 is 12.6 Å². The zero-order valence-electron chi connectivity index (χ0n) is 14.6. The SMILES string of the molecule is NC(=O)[C@H](Cc1ccccc1)NC(=O)[C@H](CS)NC(=O)Nc1ccccc1. The summed E-state index contributed by atoms with van der Waals surface area (Å²) in [7, 11) is 0. The number of urea groups is 1. The Morgan fingerprint density at radius 3 is 2.04 bits per heavy atom. The number of hydrogen-bond donors (Lipinski definition) is 5. The van der Waals surface area contributed by atoms with Gasteiger partial charge in [-0.2, -0.15) is 12.6 Å². The molecule has 2 rings (SSSR count). The zero-order valence-corrected chi connectivity index (χ0v) is 15.5. The molecule has 27 heavy (non-hydrogen) atoms. The molecule has 0 radical (unpaired) electrons. The van der Waals surface area contributed by atoms with Crippen LogP contribution in [0.25, 0.3) is 0 Å². The van der Waals surface area contributed by atoms with E-state index in [1.807, 2.05) is 36.4 Å². The molecule has 2 aromatic carbocycles. The average Bonchev–Trinajstić information content (AvgIpc) is 2.67. The molecule has 7 nitrogen and oxygen atoms in total. The first-order chi connectivity index (χ1) is 13.0. The van der Waals surface area contributed by atoms with Crippen molar-refractivity contribution >= 4 is 36.2 Å². The topological polar surface area (TPSA) is 113 Å². The van der Waals surface area contributed by atoms with E-state index in [0.29, 0.717) is 5.69 Å². The number of rotatable bonds is 8. The van der Waals surface area contributed by atoms with Crippen molar-refractivity contribution in [3.8, 4) is 0 Å². The van der Waals surface area contributed by atoms with E-state index in [-0.39, 0.29) is 12.2 Å². The normalized spacial score (nSPS) is 12.5. The fraction of sp³-hybridized carbons (Fsp3) is 0.211. The van der Waals surface area contributed by atoms with Crippen LogP contribution in [-0.2, 0) is 16.0 Å². The lowest BCUT2D eigenvalue weighted by Gasteiger charge is -2.21. The second-order valence-electron chi connectivity index (χ2n) is 5.85. The van der Waals surface area contributed by atoms with Gasteiger partial charge in [0, 0.05) is 17.9 Å². The van der Waals surface area contributed by atoms with Gasteiger partial charge in [-0.1, -0.05) is 48.5 Å². The number of nitrogens with one attached hydrogen (secondary N) is 3. The van der Waals surface area contributed by atoms with Gasteiger partial charge in [0.1, 0.15) is 12.1 Å². The molecule has 0 heterocycles. The third-order valence-electron chi connectivity index (χ3n) is 3.78. The van der Waals surface area contributed by atoms with Gasteiger partial charge >= 0.3 is 6.03 Å². The van der Waals surface area contributed by atoms with Crippen molar-refractivity contribution in [1.29, 1.82) is 0 Å². The minimum atomic E-state index is -0.922. The van der Waals surface area contributed by atoms with Gasteiger partial charge in [-0.05, 0) is 17.7 Å². The molecule has 0 aliphatic carbocycles. The monoisotopic (exact) mass is 386 g/mol. The fourth-order valence-corrected chi connectivity index (χ4v) is 2.64. The summed E-state index contributed by atoms with van der Waals surface area (Å²) in [5.74, 6) is -1.13. The van der Waals surface area contributed by atoms with Crippen LogP contribution in [0.2, 0.25) is 0 Å². The first-order valence-electron chi connectivity index (χ1n) is 8.36. The van der Waals surface area contributed by atoms with E-state index in [4.69, 9.17) is 5.73 Å². The predicted molar refractivity (Wildman–Crippen MR) is 108 cm³/mol. The van der Waals surface area contributed by atoms with Gasteiger partial charge in [0.25, 0.3) is 0 Å². The van der Waals surface area contributed by atoms with Crippen molar-refractivity contribution in [1.82, 2.24) is 10.6 Å². The molecule has 0 fully saturated rings. The lowest BCUT2D eigenvalue weighted by Crippen LogP contribution is -2.54. The minimum absolute atomic E-state index is 0.0604. The molecule has 0 aliphatic heterocycles. The van der Waals surface area contributed by atoms with E-state index in [1.165, 1.54) is 0 Å². The minimum Gasteiger partial charge on any atom is -0.368 e. The Balaban J connectivity index is 1.95. The Morgan fingerprint density at radius 1 is 0.889 bits per heavy atom. The Labute approximate surface area is 163 Å². The van der Waals surface area contributed by atoms with Crippen LogP contribution in [0.1, 0.15) is 5.56 Å². The number of anilines is 1. The summed E-state index contributed by atoms with van der Waals surface area (Å²) in [5, 5.41) is 7.73. The Hall–Kier alpha value is -3.00. The molecular formula is C19H22N4O3S. The number of amides is 4. The molecule has 2 aromatic rings. The summed E-state index contributed by atoms with van der Waals surface area (Å²) in [5.41, 5.74) is 6.86. The molecule has 0 saturated heterocycles. The van der Waals surface area contributed by atoms with Crippen LogP contribution < -0.4 is 21.7 Å². The molecule has 0 aliphatic rings. The summed E-state index contributed by atoms with van der Waals surface area (Å²) in [6, 6.07) is 15.7. The molecule has 0 aromatic heterocycles. The van der Waals surface area contributed by atoms with Crippen LogP contribution in [0.5, 0.6) is 0 Å². The number of hydrogen-bond acceptors (Lipinski definition) is 4. The number of carbonyl (C=O) groups is 3. The third kappa shape index (κ3) is 6.67. The van der Waals surface area contributed by atoms with Gasteiger partial charge in [0.15, 0.2) is 0 Å². The second kappa shape index (κ2) is 10.2. The van der Waals surface area contributed by atoms with Crippen LogP contribution in [0.3, 0.4) is 0 Å². The zero-order chi connectivity index (χ0) is 19.6. The highest BCUT2D eigenvalue weighted by Gasteiger charge is 2.25. The molecule has 0 spiro atoms. The molecule has 0 bridgehead atoms. The lowest BCUT2D eigenvalue weighted by molar-refractivity contribution is -0.128. The number of carbonyl (C=O) groups excluding carboxylic acids is 3. The van der Waals surface area contributed by atoms with Crippen molar-refractivity contribution < 1.29 is 14.4 Å². The van der Waals surface area contributed by atoms with E-state index < -0.39 is 29.9 Å². The molecule has 142 valence electrons. The number of thiol groups is 1. The molecule has 0 saturated carbocycles. The van der Waals surface area contributed by atoms with Crippen LogP contribution in [0.15, 0.2) is 60.7 Å². The summed E-state index contributed by atoms with van der Waals surface area (Å²) in [6.45, 7) is 0. The summed E-state index contributed by atoms with van der Waals surface area (Å²) in [4.78, 5) is 36.2. The maximum atomic E-state index is 12.5. The lowest BCUT2D eigenvalue weighted by atomic mass is 10.1. The van der Waals surface area contributed by atoms with Crippen molar-refractivity contribution in [2.24, 2.45) is 5.73 Å². The van der Waals surface area contributed by atoms with Gasteiger partial charge < -0.3 is 21.7 Å². The van der Waals surface area contributed by atoms with E-state index in [9.17, 15) is 14.4 Å². The van der Waals surface area contributed by atoms with Crippen molar-refractivity contribution in [2.75, 3.05) is 11.1 Å². The molecule has 0 unspecified atom stereocenters. The molecule has 2 atom stereocenters.